The van der Waals surface area contributed by atoms with Crippen LogP contribution in [0.15, 0.2) is 24.3 Å². The van der Waals surface area contributed by atoms with Gasteiger partial charge in [0.25, 0.3) is 5.91 Å². The molecule has 0 unspecified atom stereocenters. The van der Waals surface area contributed by atoms with Crippen LogP contribution in [0, 0.1) is 5.82 Å². The van der Waals surface area contributed by atoms with Crippen LogP contribution in [0.4, 0.5) is 4.39 Å². The average Bonchev–Trinajstić information content (AvgIpc) is 2.54. The average molecular weight is 339 g/mol. The van der Waals surface area contributed by atoms with Gasteiger partial charge in [-0.25, -0.2) is 4.39 Å². The van der Waals surface area contributed by atoms with Crippen LogP contribution in [0.1, 0.15) is 5.56 Å². The molecule has 1 aliphatic rings. The number of benzene rings is 1. The summed E-state index contributed by atoms with van der Waals surface area (Å²) in [5, 5.41) is 3.93. The van der Waals surface area contributed by atoms with E-state index in [4.69, 9.17) is 12.2 Å². The largest absolute Gasteiger partial charge is 0.358 e. The maximum Gasteiger partial charge on any atom is 0.277 e. The van der Waals surface area contributed by atoms with Crippen LogP contribution in [-0.2, 0) is 11.3 Å². The number of likely N-dealkylation sites (N-methyl/N-ethyl adjacent to an activating group) is 1. The molecule has 1 fully saturated rings. The summed E-state index contributed by atoms with van der Waals surface area (Å²) >= 11 is 5.42. The van der Waals surface area contributed by atoms with Crippen molar-refractivity contribution < 1.29 is 14.1 Å². The summed E-state index contributed by atoms with van der Waals surface area (Å²) in [5.74, 6) is -0.0758. The molecule has 1 heterocycles. The number of thiocarbonyl (C=S) groups is 1. The molecule has 1 aromatic rings. The molecule has 0 aromatic heterocycles. The fourth-order valence-corrected chi connectivity index (χ4v) is 2.72. The van der Waals surface area contributed by atoms with Gasteiger partial charge in [-0.3, -0.25) is 4.79 Å². The molecule has 2 N–H and O–H groups in total. The first-order valence-corrected chi connectivity index (χ1v) is 8.17. The van der Waals surface area contributed by atoms with Crippen LogP contribution in [0.5, 0.6) is 0 Å². The van der Waals surface area contributed by atoms with Crippen LogP contribution in [0.2, 0.25) is 0 Å². The SMILES string of the molecule is CN(C)C(=O)C[NH+]1CCN(C(=S)NCc2ccc(F)cc2)CC1. The van der Waals surface area contributed by atoms with Crippen molar-refractivity contribution in [3.63, 3.8) is 0 Å². The van der Waals surface area contributed by atoms with E-state index in [1.54, 1.807) is 31.1 Å². The van der Waals surface area contributed by atoms with Crippen LogP contribution >= 0.6 is 12.2 Å². The van der Waals surface area contributed by atoms with Crippen LogP contribution in [0.25, 0.3) is 0 Å². The lowest BCUT2D eigenvalue weighted by Gasteiger charge is -2.33. The number of hydrogen-bond donors (Lipinski definition) is 2. The maximum absolute atomic E-state index is 12.9. The van der Waals surface area contributed by atoms with E-state index in [9.17, 15) is 9.18 Å². The summed E-state index contributed by atoms with van der Waals surface area (Å²) in [5.41, 5.74) is 0.995. The van der Waals surface area contributed by atoms with Gasteiger partial charge < -0.3 is 20.0 Å². The molecule has 7 heteroatoms. The van der Waals surface area contributed by atoms with E-state index >= 15 is 0 Å². The molecule has 0 spiro atoms. The summed E-state index contributed by atoms with van der Waals surface area (Å²) in [6.45, 7) is 4.61. The topological polar surface area (TPSA) is 40.0 Å². The third-order valence-electron chi connectivity index (χ3n) is 4.01. The third-order valence-corrected chi connectivity index (χ3v) is 4.42. The second-order valence-electron chi connectivity index (χ2n) is 5.99. The fraction of sp³-hybridized carbons (Fsp3) is 0.500. The Morgan fingerprint density at radius 1 is 1.30 bits per heavy atom. The number of nitrogens with zero attached hydrogens (tertiary/aromatic N) is 2. The lowest BCUT2D eigenvalue weighted by Crippen LogP contribution is -3.15. The predicted molar refractivity (Wildman–Crippen MR) is 91.7 cm³/mol. The maximum atomic E-state index is 12.9. The molecular formula is C16H24FN4OS+. The van der Waals surface area contributed by atoms with Gasteiger partial charge in [-0.15, -0.1) is 0 Å². The molecule has 0 bridgehead atoms. The Morgan fingerprint density at radius 2 is 1.91 bits per heavy atom. The zero-order chi connectivity index (χ0) is 16.8. The molecule has 0 atom stereocenters. The van der Waals surface area contributed by atoms with E-state index < -0.39 is 0 Å². The first-order valence-electron chi connectivity index (χ1n) is 7.76. The van der Waals surface area contributed by atoms with Gasteiger partial charge >= 0.3 is 0 Å². The molecule has 1 aromatic carbocycles. The van der Waals surface area contributed by atoms with Crippen molar-refractivity contribution in [3.8, 4) is 0 Å². The van der Waals surface area contributed by atoms with Gasteiger partial charge in [0.15, 0.2) is 11.7 Å². The Labute approximate surface area is 142 Å². The number of quaternary nitrogens is 1. The van der Waals surface area contributed by atoms with Gasteiger partial charge in [-0.2, -0.15) is 0 Å². The van der Waals surface area contributed by atoms with Gasteiger partial charge in [0.1, 0.15) is 5.82 Å². The van der Waals surface area contributed by atoms with Crippen molar-refractivity contribution >= 4 is 23.2 Å². The molecule has 1 aliphatic heterocycles. The van der Waals surface area contributed by atoms with E-state index in [1.165, 1.54) is 17.0 Å². The van der Waals surface area contributed by atoms with Crippen molar-refractivity contribution in [1.82, 2.24) is 15.1 Å². The minimum atomic E-state index is -0.234. The highest BCUT2D eigenvalue weighted by Crippen LogP contribution is 2.02. The number of carbonyl (C=O) groups is 1. The highest BCUT2D eigenvalue weighted by atomic mass is 32.1. The number of hydrogen-bond acceptors (Lipinski definition) is 2. The van der Waals surface area contributed by atoms with Gasteiger partial charge in [-0.05, 0) is 29.9 Å². The summed E-state index contributed by atoms with van der Waals surface area (Å²) in [4.78, 5) is 16.8. The summed E-state index contributed by atoms with van der Waals surface area (Å²) in [6.07, 6.45) is 0. The number of nitrogens with one attached hydrogen (secondary N) is 2. The van der Waals surface area contributed by atoms with E-state index in [1.807, 2.05) is 0 Å². The number of carbonyl (C=O) groups excluding carboxylic acids is 1. The number of piperazine rings is 1. The highest BCUT2D eigenvalue weighted by molar-refractivity contribution is 7.80. The number of amides is 1. The van der Waals surface area contributed by atoms with Crippen molar-refractivity contribution in [2.24, 2.45) is 0 Å². The normalized spacial score (nSPS) is 15.3. The smallest absolute Gasteiger partial charge is 0.277 e. The van der Waals surface area contributed by atoms with Crippen molar-refractivity contribution in [3.05, 3.63) is 35.6 Å². The lowest BCUT2D eigenvalue weighted by molar-refractivity contribution is -0.896. The quantitative estimate of drug-likeness (QED) is 0.725. The Balaban J connectivity index is 1.73. The number of rotatable bonds is 4. The minimum absolute atomic E-state index is 0.158. The van der Waals surface area contributed by atoms with Crippen LogP contribution in [-0.4, -0.2) is 67.6 Å². The molecule has 126 valence electrons. The van der Waals surface area contributed by atoms with Crippen molar-refractivity contribution in [1.29, 1.82) is 0 Å². The zero-order valence-electron chi connectivity index (χ0n) is 13.6. The lowest BCUT2D eigenvalue weighted by atomic mass is 10.2. The number of halogens is 1. The van der Waals surface area contributed by atoms with Crippen molar-refractivity contribution in [2.75, 3.05) is 46.8 Å². The Kier molecular flexibility index (Phi) is 6.29. The van der Waals surface area contributed by atoms with E-state index in [0.29, 0.717) is 18.2 Å². The molecule has 2 rings (SSSR count). The van der Waals surface area contributed by atoms with Crippen LogP contribution < -0.4 is 10.2 Å². The second kappa shape index (κ2) is 8.21. The minimum Gasteiger partial charge on any atom is -0.358 e. The molecule has 23 heavy (non-hydrogen) atoms. The first kappa shape index (κ1) is 17.6. The Hall–Kier alpha value is -1.73. The fourth-order valence-electron chi connectivity index (χ4n) is 2.47. The molecule has 1 amide bonds. The third kappa shape index (κ3) is 5.44. The molecule has 0 aliphatic carbocycles. The first-order chi connectivity index (χ1) is 11.0. The highest BCUT2D eigenvalue weighted by Gasteiger charge is 2.23. The molecule has 0 saturated carbocycles. The van der Waals surface area contributed by atoms with Gasteiger partial charge in [-0.1, -0.05) is 12.1 Å². The predicted octanol–water partition coefficient (Wildman–Crippen LogP) is -0.511. The van der Waals surface area contributed by atoms with Gasteiger partial charge in [0, 0.05) is 20.6 Å². The zero-order valence-corrected chi connectivity index (χ0v) is 14.5. The van der Waals surface area contributed by atoms with E-state index in [0.717, 1.165) is 31.7 Å². The van der Waals surface area contributed by atoms with Crippen LogP contribution in [0.3, 0.4) is 0 Å². The molecule has 5 nitrogen and oxygen atoms in total. The monoisotopic (exact) mass is 339 g/mol. The van der Waals surface area contributed by atoms with Crippen molar-refractivity contribution in [2.45, 2.75) is 6.54 Å². The molecule has 1 saturated heterocycles. The summed E-state index contributed by atoms with van der Waals surface area (Å²) < 4.78 is 12.9. The van der Waals surface area contributed by atoms with Gasteiger partial charge in [0.2, 0.25) is 0 Å². The Morgan fingerprint density at radius 3 is 2.48 bits per heavy atom. The van der Waals surface area contributed by atoms with E-state index in [2.05, 4.69) is 10.2 Å². The molecule has 0 radical (unpaired) electrons. The summed E-state index contributed by atoms with van der Waals surface area (Å²) in [7, 11) is 3.57. The standard InChI is InChI=1S/C16H23FN4OS/c1-19(2)15(22)12-20-7-9-21(10-8-20)16(23)18-11-13-3-5-14(17)6-4-13/h3-6H,7-12H2,1-2H3,(H,18,23)/p+1. The Bertz CT molecular complexity index is 542. The summed E-state index contributed by atoms with van der Waals surface area (Å²) in [6, 6.07) is 6.40. The van der Waals surface area contributed by atoms with Gasteiger partial charge in [0.05, 0.1) is 26.2 Å². The molecular weight excluding hydrogens is 315 g/mol. The van der Waals surface area contributed by atoms with E-state index in [-0.39, 0.29) is 11.7 Å². The second-order valence-corrected chi connectivity index (χ2v) is 6.37.